The largest absolute Gasteiger partial charge is 0.370 e. The van der Waals surface area contributed by atoms with Crippen molar-refractivity contribution in [3.63, 3.8) is 0 Å². The summed E-state index contributed by atoms with van der Waals surface area (Å²) >= 11 is 11.7. The molecule has 2 N–H and O–H groups in total. The predicted octanol–water partition coefficient (Wildman–Crippen LogP) is 3.75. The molecule has 2 rings (SSSR count). The fraction of sp³-hybridized carbons (Fsp3) is 0.200. The summed E-state index contributed by atoms with van der Waals surface area (Å²) in [6.45, 7) is 3.08. The van der Waals surface area contributed by atoms with E-state index >= 15 is 0 Å². The number of pyridine rings is 1. The number of aromatic nitrogens is 1. The summed E-state index contributed by atoms with van der Waals surface area (Å²) < 4.78 is 0. The molecule has 0 bridgehead atoms. The van der Waals surface area contributed by atoms with Gasteiger partial charge in [0.25, 0.3) is 5.91 Å². The van der Waals surface area contributed by atoms with Gasteiger partial charge in [0.05, 0.1) is 0 Å². The molecule has 1 heterocycles. The van der Waals surface area contributed by atoms with Crippen LogP contribution in [-0.2, 0) is 6.54 Å². The Balaban J connectivity index is 2.04. The molecule has 0 spiro atoms. The van der Waals surface area contributed by atoms with Gasteiger partial charge in [0.1, 0.15) is 11.0 Å². The number of nitrogens with one attached hydrogen (secondary N) is 2. The second kappa shape index (κ2) is 7.29. The van der Waals surface area contributed by atoms with Gasteiger partial charge in [0, 0.05) is 23.7 Å². The van der Waals surface area contributed by atoms with Gasteiger partial charge in [-0.05, 0) is 36.8 Å². The van der Waals surface area contributed by atoms with Crippen LogP contribution >= 0.6 is 23.2 Å². The van der Waals surface area contributed by atoms with Gasteiger partial charge in [0.15, 0.2) is 0 Å². The first-order chi connectivity index (χ1) is 10.1. The fourth-order valence-electron chi connectivity index (χ4n) is 1.79. The third kappa shape index (κ3) is 4.62. The number of rotatable bonds is 5. The average Bonchev–Trinajstić information content (AvgIpc) is 2.46. The number of halogens is 2. The summed E-state index contributed by atoms with van der Waals surface area (Å²) in [5.41, 5.74) is 1.44. The van der Waals surface area contributed by atoms with Gasteiger partial charge in [-0.1, -0.05) is 35.3 Å². The Hall–Kier alpha value is -1.78. The third-order valence-corrected chi connectivity index (χ3v) is 3.23. The van der Waals surface area contributed by atoms with E-state index in [1.807, 2.05) is 19.1 Å². The zero-order valence-corrected chi connectivity index (χ0v) is 13.0. The smallest absolute Gasteiger partial charge is 0.251 e. The van der Waals surface area contributed by atoms with E-state index in [0.29, 0.717) is 29.5 Å². The standard InChI is InChI=1S/C15H15Cl2N3O/c1-2-18-14-8-11(7-13(17)20-14)15(21)19-9-10-3-5-12(16)6-4-10/h3-8H,2,9H2,1H3,(H,18,20)(H,19,21). The molecular formula is C15H15Cl2N3O. The summed E-state index contributed by atoms with van der Waals surface area (Å²) in [6, 6.07) is 10.5. The minimum atomic E-state index is -0.201. The van der Waals surface area contributed by atoms with Crippen LogP contribution in [0.25, 0.3) is 0 Å². The first kappa shape index (κ1) is 15.6. The number of hydrogen-bond acceptors (Lipinski definition) is 3. The summed E-state index contributed by atoms with van der Waals surface area (Å²) in [4.78, 5) is 16.2. The van der Waals surface area contributed by atoms with Gasteiger partial charge >= 0.3 is 0 Å². The van der Waals surface area contributed by atoms with Gasteiger partial charge < -0.3 is 10.6 Å². The lowest BCUT2D eigenvalue weighted by molar-refractivity contribution is 0.0951. The summed E-state index contributed by atoms with van der Waals surface area (Å²) in [5, 5.41) is 6.82. The van der Waals surface area contributed by atoms with Crippen molar-refractivity contribution in [3.8, 4) is 0 Å². The first-order valence-corrected chi connectivity index (χ1v) is 7.28. The molecule has 110 valence electrons. The minimum Gasteiger partial charge on any atom is -0.370 e. The van der Waals surface area contributed by atoms with Crippen LogP contribution in [0.1, 0.15) is 22.8 Å². The Morgan fingerprint density at radius 3 is 2.57 bits per heavy atom. The highest BCUT2D eigenvalue weighted by atomic mass is 35.5. The molecule has 6 heteroatoms. The molecule has 0 radical (unpaired) electrons. The Labute approximate surface area is 133 Å². The van der Waals surface area contributed by atoms with Crippen molar-refractivity contribution in [1.82, 2.24) is 10.3 Å². The number of anilines is 1. The topological polar surface area (TPSA) is 54.0 Å². The third-order valence-electron chi connectivity index (χ3n) is 2.78. The molecule has 1 aromatic heterocycles. The van der Waals surface area contributed by atoms with Crippen molar-refractivity contribution in [2.75, 3.05) is 11.9 Å². The van der Waals surface area contributed by atoms with Crippen LogP contribution in [0.2, 0.25) is 10.2 Å². The molecule has 0 fully saturated rings. The zero-order valence-electron chi connectivity index (χ0n) is 11.5. The van der Waals surface area contributed by atoms with Crippen molar-refractivity contribution < 1.29 is 4.79 Å². The maximum absolute atomic E-state index is 12.1. The lowest BCUT2D eigenvalue weighted by Gasteiger charge is -2.08. The van der Waals surface area contributed by atoms with Crippen LogP contribution in [0.5, 0.6) is 0 Å². The minimum absolute atomic E-state index is 0.201. The lowest BCUT2D eigenvalue weighted by atomic mass is 10.2. The van der Waals surface area contributed by atoms with Gasteiger partial charge in [-0.2, -0.15) is 0 Å². The summed E-state index contributed by atoms with van der Waals surface area (Å²) in [7, 11) is 0. The van der Waals surface area contributed by atoms with Crippen molar-refractivity contribution in [1.29, 1.82) is 0 Å². The highest BCUT2D eigenvalue weighted by molar-refractivity contribution is 6.30. The maximum atomic E-state index is 12.1. The molecule has 0 saturated carbocycles. The van der Waals surface area contributed by atoms with E-state index in [1.165, 1.54) is 0 Å². The van der Waals surface area contributed by atoms with Crippen LogP contribution in [0.15, 0.2) is 36.4 Å². The van der Waals surface area contributed by atoms with Crippen LogP contribution in [0.4, 0.5) is 5.82 Å². The number of carbonyl (C=O) groups excluding carboxylic acids is 1. The maximum Gasteiger partial charge on any atom is 0.251 e. The van der Waals surface area contributed by atoms with Crippen LogP contribution in [-0.4, -0.2) is 17.4 Å². The molecule has 0 aliphatic heterocycles. The van der Waals surface area contributed by atoms with Crippen molar-refractivity contribution in [3.05, 3.63) is 57.7 Å². The SMILES string of the molecule is CCNc1cc(C(=O)NCc2ccc(Cl)cc2)cc(Cl)n1. The monoisotopic (exact) mass is 323 g/mol. The van der Waals surface area contributed by atoms with Gasteiger partial charge in [-0.25, -0.2) is 4.98 Å². The van der Waals surface area contributed by atoms with Gasteiger partial charge in [-0.3, -0.25) is 4.79 Å². The zero-order chi connectivity index (χ0) is 15.2. The van der Waals surface area contributed by atoms with Crippen molar-refractivity contribution in [2.24, 2.45) is 0 Å². The molecular weight excluding hydrogens is 309 g/mol. The molecule has 0 atom stereocenters. The fourth-order valence-corrected chi connectivity index (χ4v) is 2.12. The summed E-state index contributed by atoms with van der Waals surface area (Å²) in [5.74, 6) is 0.384. The molecule has 4 nitrogen and oxygen atoms in total. The normalized spacial score (nSPS) is 10.2. The Morgan fingerprint density at radius 1 is 1.19 bits per heavy atom. The van der Waals surface area contributed by atoms with Gasteiger partial charge in [-0.15, -0.1) is 0 Å². The molecule has 0 aliphatic rings. The van der Waals surface area contributed by atoms with E-state index in [4.69, 9.17) is 23.2 Å². The predicted molar refractivity (Wildman–Crippen MR) is 86.0 cm³/mol. The molecule has 1 amide bonds. The molecule has 0 saturated heterocycles. The molecule has 21 heavy (non-hydrogen) atoms. The molecule has 2 aromatic rings. The Bertz CT molecular complexity index is 629. The number of nitrogens with zero attached hydrogens (tertiary/aromatic N) is 1. The van der Waals surface area contributed by atoms with Crippen LogP contribution in [0.3, 0.4) is 0 Å². The number of benzene rings is 1. The van der Waals surface area contributed by atoms with Crippen LogP contribution in [0, 0.1) is 0 Å². The van der Waals surface area contributed by atoms with Crippen molar-refractivity contribution in [2.45, 2.75) is 13.5 Å². The second-order valence-corrected chi connectivity index (χ2v) is 5.23. The highest BCUT2D eigenvalue weighted by Gasteiger charge is 2.09. The number of carbonyl (C=O) groups is 1. The lowest BCUT2D eigenvalue weighted by Crippen LogP contribution is -2.23. The molecule has 0 unspecified atom stereocenters. The van der Waals surface area contributed by atoms with Gasteiger partial charge in [0.2, 0.25) is 0 Å². The number of hydrogen-bond donors (Lipinski definition) is 2. The quantitative estimate of drug-likeness (QED) is 0.824. The van der Waals surface area contributed by atoms with Crippen LogP contribution < -0.4 is 10.6 Å². The van der Waals surface area contributed by atoms with E-state index in [2.05, 4.69) is 15.6 Å². The van der Waals surface area contributed by atoms with E-state index in [0.717, 1.165) is 5.56 Å². The van der Waals surface area contributed by atoms with E-state index < -0.39 is 0 Å². The van der Waals surface area contributed by atoms with E-state index in [1.54, 1.807) is 24.3 Å². The highest BCUT2D eigenvalue weighted by Crippen LogP contribution is 2.15. The second-order valence-electron chi connectivity index (χ2n) is 4.40. The van der Waals surface area contributed by atoms with E-state index in [-0.39, 0.29) is 11.1 Å². The molecule has 0 aliphatic carbocycles. The van der Waals surface area contributed by atoms with E-state index in [9.17, 15) is 4.79 Å². The number of amides is 1. The summed E-state index contributed by atoms with van der Waals surface area (Å²) in [6.07, 6.45) is 0. The first-order valence-electron chi connectivity index (χ1n) is 6.52. The van der Waals surface area contributed by atoms with Crippen molar-refractivity contribution >= 4 is 34.9 Å². The molecule has 1 aromatic carbocycles. The Kier molecular flexibility index (Phi) is 5.42. The average molecular weight is 324 g/mol. The Morgan fingerprint density at radius 2 is 1.90 bits per heavy atom.